The topological polar surface area (TPSA) is 52.5 Å². The maximum atomic E-state index is 9.18. The molecule has 0 aliphatic carbocycles. The van der Waals surface area contributed by atoms with Gasteiger partial charge in [-0.3, -0.25) is 0 Å². The van der Waals surface area contributed by atoms with Gasteiger partial charge >= 0.3 is 0 Å². The van der Waals surface area contributed by atoms with Gasteiger partial charge in [-0.2, -0.15) is 10.5 Å². The molecule has 3 aromatic rings. The summed E-state index contributed by atoms with van der Waals surface area (Å²) < 4.78 is 1.93. The van der Waals surface area contributed by atoms with Crippen LogP contribution in [0.3, 0.4) is 0 Å². The van der Waals surface area contributed by atoms with Gasteiger partial charge in [-0.1, -0.05) is 24.3 Å². The van der Waals surface area contributed by atoms with Crippen molar-refractivity contribution < 1.29 is 0 Å². The van der Waals surface area contributed by atoms with Gasteiger partial charge < -0.3 is 4.57 Å². The number of para-hydroxylation sites is 2. The number of nitrogens with zero attached hydrogens (tertiary/aromatic N) is 3. The van der Waals surface area contributed by atoms with Crippen LogP contribution in [0.5, 0.6) is 0 Å². The van der Waals surface area contributed by atoms with E-state index in [0.29, 0.717) is 11.1 Å². The molecule has 0 amide bonds. The monoisotopic (exact) mass is 231 g/mol. The largest absolute Gasteiger partial charge is 0.341 e. The van der Waals surface area contributed by atoms with Gasteiger partial charge in [-0.15, -0.1) is 0 Å². The van der Waals surface area contributed by atoms with Crippen molar-refractivity contribution in [2.75, 3.05) is 0 Å². The standard InChI is InChI=1S/C15H9N3/c1-18-14-10(8-16)4-2-6-12(14)13-7-3-5-11(9-17)15(13)18/h2-7H,1H3. The lowest BCUT2D eigenvalue weighted by atomic mass is 10.1. The van der Waals surface area contributed by atoms with Gasteiger partial charge in [0.25, 0.3) is 0 Å². The molecule has 0 aliphatic rings. The highest BCUT2D eigenvalue weighted by molar-refractivity contribution is 6.11. The quantitative estimate of drug-likeness (QED) is 0.597. The van der Waals surface area contributed by atoms with E-state index in [1.807, 2.05) is 35.9 Å². The Morgan fingerprint density at radius 1 is 0.833 bits per heavy atom. The molecule has 0 atom stereocenters. The minimum atomic E-state index is 0.634. The molecule has 0 unspecified atom stereocenters. The Morgan fingerprint density at radius 2 is 1.28 bits per heavy atom. The van der Waals surface area contributed by atoms with E-state index in [9.17, 15) is 10.5 Å². The SMILES string of the molecule is Cn1c2c(C#N)cccc2c2cccc(C#N)c21. The first-order valence-corrected chi connectivity index (χ1v) is 5.58. The van der Waals surface area contributed by atoms with Crippen LogP contribution < -0.4 is 0 Å². The number of aromatic nitrogens is 1. The fourth-order valence-corrected chi connectivity index (χ4v) is 2.54. The Balaban J connectivity index is 2.69. The minimum absolute atomic E-state index is 0.634. The van der Waals surface area contributed by atoms with Crippen LogP contribution in [-0.4, -0.2) is 4.57 Å². The van der Waals surface area contributed by atoms with Crippen LogP contribution in [0.4, 0.5) is 0 Å². The molecule has 0 N–H and O–H groups in total. The number of hydrogen-bond donors (Lipinski definition) is 0. The number of aryl methyl sites for hydroxylation is 1. The molecule has 0 bridgehead atoms. The second-order valence-electron chi connectivity index (χ2n) is 4.19. The smallest absolute Gasteiger partial charge is 0.101 e. The van der Waals surface area contributed by atoms with E-state index in [0.717, 1.165) is 21.8 Å². The molecule has 0 spiro atoms. The third-order valence-electron chi connectivity index (χ3n) is 3.27. The first-order valence-electron chi connectivity index (χ1n) is 5.58. The highest BCUT2D eigenvalue weighted by atomic mass is 14.9. The molecule has 0 fully saturated rings. The van der Waals surface area contributed by atoms with Gasteiger partial charge in [0.1, 0.15) is 12.1 Å². The molecule has 0 radical (unpaired) electrons. The van der Waals surface area contributed by atoms with Crippen LogP contribution in [0.15, 0.2) is 36.4 Å². The van der Waals surface area contributed by atoms with E-state index in [1.54, 1.807) is 12.1 Å². The highest BCUT2D eigenvalue weighted by Crippen LogP contribution is 2.31. The second kappa shape index (κ2) is 3.61. The zero-order valence-electron chi connectivity index (χ0n) is 9.81. The molecular weight excluding hydrogens is 222 g/mol. The summed E-state index contributed by atoms with van der Waals surface area (Å²) in [5.41, 5.74) is 3.04. The van der Waals surface area contributed by atoms with Gasteiger partial charge in [0.15, 0.2) is 0 Å². The van der Waals surface area contributed by atoms with Crippen molar-refractivity contribution in [3.05, 3.63) is 47.5 Å². The average Bonchev–Trinajstić information content (AvgIpc) is 2.73. The van der Waals surface area contributed by atoms with Gasteiger partial charge in [0.2, 0.25) is 0 Å². The summed E-state index contributed by atoms with van der Waals surface area (Å²) in [6.45, 7) is 0. The van der Waals surface area contributed by atoms with E-state index in [1.165, 1.54) is 0 Å². The van der Waals surface area contributed by atoms with Crippen LogP contribution in [0.2, 0.25) is 0 Å². The van der Waals surface area contributed by atoms with Crippen molar-refractivity contribution >= 4 is 21.8 Å². The molecule has 1 heterocycles. The summed E-state index contributed by atoms with van der Waals surface area (Å²) in [5, 5.41) is 20.4. The fourth-order valence-electron chi connectivity index (χ4n) is 2.54. The Bertz CT molecular complexity index is 786. The van der Waals surface area contributed by atoms with Gasteiger partial charge in [-0.25, -0.2) is 0 Å². The summed E-state index contributed by atoms with van der Waals surface area (Å²) in [5.74, 6) is 0. The van der Waals surface area contributed by atoms with Crippen molar-refractivity contribution in [3.63, 3.8) is 0 Å². The lowest BCUT2D eigenvalue weighted by Crippen LogP contribution is -1.91. The lowest BCUT2D eigenvalue weighted by molar-refractivity contribution is 1.01. The number of fused-ring (bicyclic) bond motifs is 3. The summed E-state index contributed by atoms with van der Waals surface area (Å²) in [4.78, 5) is 0. The predicted molar refractivity (Wildman–Crippen MR) is 69.9 cm³/mol. The maximum absolute atomic E-state index is 9.18. The predicted octanol–water partition coefficient (Wildman–Crippen LogP) is 3.07. The summed E-state index contributed by atoms with van der Waals surface area (Å²) in [6, 6.07) is 15.7. The maximum Gasteiger partial charge on any atom is 0.101 e. The normalized spacial score (nSPS) is 10.4. The molecule has 3 heteroatoms. The Labute approximate surface area is 104 Å². The van der Waals surface area contributed by atoms with E-state index in [4.69, 9.17) is 0 Å². The lowest BCUT2D eigenvalue weighted by Gasteiger charge is -2.00. The van der Waals surface area contributed by atoms with Crippen molar-refractivity contribution in [2.45, 2.75) is 0 Å². The second-order valence-corrected chi connectivity index (χ2v) is 4.19. The summed E-state index contributed by atoms with van der Waals surface area (Å²) in [6.07, 6.45) is 0. The third-order valence-corrected chi connectivity index (χ3v) is 3.27. The first-order chi connectivity index (χ1) is 8.77. The van der Waals surface area contributed by atoms with Gasteiger partial charge in [0, 0.05) is 17.8 Å². The van der Waals surface area contributed by atoms with Crippen LogP contribution in [0.1, 0.15) is 11.1 Å². The summed E-state index contributed by atoms with van der Waals surface area (Å²) in [7, 11) is 1.90. The highest BCUT2D eigenvalue weighted by Gasteiger charge is 2.13. The summed E-state index contributed by atoms with van der Waals surface area (Å²) >= 11 is 0. The van der Waals surface area contributed by atoms with Gasteiger partial charge in [0.05, 0.1) is 22.2 Å². The molecule has 1 aromatic heterocycles. The van der Waals surface area contributed by atoms with Gasteiger partial charge in [-0.05, 0) is 12.1 Å². The molecule has 3 rings (SSSR count). The van der Waals surface area contributed by atoms with Crippen molar-refractivity contribution in [1.82, 2.24) is 4.57 Å². The van der Waals surface area contributed by atoms with E-state index >= 15 is 0 Å². The zero-order valence-corrected chi connectivity index (χ0v) is 9.81. The first kappa shape index (κ1) is 10.4. The van der Waals surface area contributed by atoms with Crippen LogP contribution in [0, 0.1) is 22.7 Å². The molecule has 0 saturated carbocycles. The average molecular weight is 231 g/mol. The van der Waals surface area contributed by atoms with Crippen LogP contribution in [0.25, 0.3) is 21.8 Å². The van der Waals surface area contributed by atoms with E-state index < -0.39 is 0 Å². The molecule has 0 aliphatic heterocycles. The molecule has 2 aromatic carbocycles. The molecular formula is C15H9N3. The Kier molecular flexibility index (Phi) is 2.08. The molecule has 18 heavy (non-hydrogen) atoms. The molecule has 84 valence electrons. The fraction of sp³-hybridized carbons (Fsp3) is 0.0667. The van der Waals surface area contributed by atoms with E-state index in [-0.39, 0.29) is 0 Å². The number of hydrogen-bond acceptors (Lipinski definition) is 2. The number of benzene rings is 2. The third kappa shape index (κ3) is 1.16. The van der Waals surface area contributed by atoms with Crippen LogP contribution >= 0.6 is 0 Å². The molecule has 0 saturated heterocycles. The Morgan fingerprint density at radius 3 is 1.67 bits per heavy atom. The minimum Gasteiger partial charge on any atom is -0.341 e. The van der Waals surface area contributed by atoms with E-state index in [2.05, 4.69) is 12.1 Å². The molecule has 3 nitrogen and oxygen atoms in total. The number of rotatable bonds is 0. The zero-order chi connectivity index (χ0) is 12.7. The van der Waals surface area contributed by atoms with Crippen LogP contribution in [-0.2, 0) is 7.05 Å². The van der Waals surface area contributed by atoms with Crippen molar-refractivity contribution in [2.24, 2.45) is 7.05 Å². The number of nitriles is 2. The Hall–Kier alpha value is -2.78. The van der Waals surface area contributed by atoms with Crippen molar-refractivity contribution in [3.8, 4) is 12.1 Å². The van der Waals surface area contributed by atoms with Crippen molar-refractivity contribution in [1.29, 1.82) is 10.5 Å².